The molecule has 5 heteroatoms. The van der Waals surface area contributed by atoms with Gasteiger partial charge in [0.2, 0.25) is 0 Å². The number of H-pyrrole nitrogens is 1. The maximum atomic E-state index is 11.5. The van der Waals surface area contributed by atoms with Crippen molar-refractivity contribution in [1.29, 1.82) is 0 Å². The van der Waals surface area contributed by atoms with Crippen LogP contribution in [0.4, 0.5) is 5.82 Å². The third kappa shape index (κ3) is 3.18. The van der Waals surface area contributed by atoms with Crippen LogP contribution < -0.4 is 10.9 Å². The number of nitrogens with zero attached hydrogens (tertiary/aromatic N) is 1. The highest BCUT2D eigenvalue weighted by atomic mass is 16.3. The van der Waals surface area contributed by atoms with Crippen LogP contribution in [0.15, 0.2) is 47.5 Å². The third-order valence-electron chi connectivity index (χ3n) is 2.59. The van der Waals surface area contributed by atoms with E-state index in [1.54, 1.807) is 0 Å². The van der Waals surface area contributed by atoms with Crippen molar-refractivity contribution < 1.29 is 5.11 Å². The molecule has 1 atom stereocenters. The number of benzene rings is 1. The molecule has 0 saturated heterocycles. The highest BCUT2D eigenvalue weighted by Crippen LogP contribution is 2.05. The van der Waals surface area contributed by atoms with Crippen LogP contribution in [0.2, 0.25) is 0 Å². The van der Waals surface area contributed by atoms with E-state index in [0.717, 1.165) is 5.56 Å². The average molecular weight is 245 g/mol. The molecule has 5 nitrogen and oxygen atoms in total. The van der Waals surface area contributed by atoms with Gasteiger partial charge in [0.25, 0.3) is 5.56 Å². The maximum absolute atomic E-state index is 11.5. The fraction of sp³-hybridized carbons (Fsp3) is 0.231. The molecule has 0 bridgehead atoms. The van der Waals surface area contributed by atoms with E-state index in [4.69, 9.17) is 0 Å². The summed E-state index contributed by atoms with van der Waals surface area (Å²) in [6.45, 7) is -0.0646. The Labute approximate surface area is 105 Å². The first-order chi connectivity index (χ1) is 8.79. The summed E-state index contributed by atoms with van der Waals surface area (Å²) < 4.78 is 0. The standard InChI is InChI=1S/C13H15N3O2/c17-9-11(8-10-4-2-1-3-5-10)16-12-13(18)15-7-6-14-12/h1-7,11,17H,8-9H2,(H,14,16)(H,15,18). The molecule has 0 radical (unpaired) electrons. The minimum Gasteiger partial charge on any atom is -0.394 e. The predicted molar refractivity (Wildman–Crippen MR) is 69.5 cm³/mol. The van der Waals surface area contributed by atoms with Gasteiger partial charge in [-0.2, -0.15) is 0 Å². The average Bonchev–Trinajstić information content (AvgIpc) is 2.41. The number of aliphatic hydroxyl groups is 1. The number of anilines is 1. The molecule has 0 aliphatic rings. The van der Waals surface area contributed by atoms with Crippen molar-refractivity contribution in [1.82, 2.24) is 9.97 Å². The van der Waals surface area contributed by atoms with Gasteiger partial charge in [-0.1, -0.05) is 30.3 Å². The lowest BCUT2D eigenvalue weighted by Crippen LogP contribution is -2.30. The Kier molecular flexibility index (Phi) is 4.09. The zero-order valence-electron chi connectivity index (χ0n) is 9.84. The predicted octanol–water partition coefficient (Wildman–Crippen LogP) is 0.785. The Hall–Kier alpha value is -2.14. The normalized spacial score (nSPS) is 12.1. The molecule has 18 heavy (non-hydrogen) atoms. The van der Waals surface area contributed by atoms with Crippen molar-refractivity contribution in [2.45, 2.75) is 12.5 Å². The molecule has 0 saturated carbocycles. The lowest BCUT2D eigenvalue weighted by molar-refractivity contribution is 0.273. The van der Waals surface area contributed by atoms with E-state index in [1.165, 1.54) is 12.4 Å². The fourth-order valence-corrected chi connectivity index (χ4v) is 1.71. The van der Waals surface area contributed by atoms with Gasteiger partial charge >= 0.3 is 0 Å². The number of aromatic amines is 1. The Morgan fingerprint density at radius 3 is 2.78 bits per heavy atom. The lowest BCUT2D eigenvalue weighted by Gasteiger charge is -2.16. The smallest absolute Gasteiger partial charge is 0.290 e. The Balaban J connectivity index is 2.07. The zero-order valence-corrected chi connectivity index (χ0v) is 9.84. The molecule has 2 aromatic rings. The summed E-state index contributed by atoms with van der Waals surface area (Å²) >= 11 is 0. The van der Waals surface area contributed by atoms with Crippen molar-refractivity contribution in [2.24, 2.45) is 0 Å². The van der Waals surface area contributed by atoms with Crippen molar-refractivity contribution in [2.75, 3.05) is 11.9 Å². The molecule has 2 rings (SSSR count). The molecule has 3 N–H and O–H groups in total. The zero-order chi connectivity index (χ0) is 12.8. The van der Waals surface area contributed by atoms with E-state index in [-0.39, 0.29) is 24.0 Å². The van der Waals surface area contributed by atoms with E-state index in [0.29, 0.717) is 6.42 Å². The van der Waals surface area contributed by atoms with Crippen LogP contribution in [-0.4, -0.2) is 27.7 Å². The van der Waals surface area contributed by atoms with Crippen LogP contribution in [0.5, 0.6) is 0 Å². The quantitative estimate of drug-likeness (QED) is 0.727. The summed E-state index contributed by atoms with van der Waals surface area (Å²) in [5.74, 6) is 0.229. The van der Waals surface area contributed by atoms with E-state index in [1.807, 2.05) is 30.3 Å². The minimum atomic E-state index is -0.288. The highest BCUT2D eigenvalue weighted by molar-refractivity contribution is 5.32. The first-order valence-electron chi connectivity index (χ1n) is 5.74. The third-order valence-corrected chi connectivity index (χ3v) is 2.59. The molecule has 94 valence electrons. The second kappa shape index (κ2) is 5.97. The molecule has 0 fully saturated rings. The minimum absolute atomic E-state index is 0.0646. The maximum Gasteiger partial charge on any atom is 0.290 e. The second-order valence-electron chi connectivity index (χ2n) is 3.98. The molecule has 0 amide bonds. The monoisotopic (exact) mass is 245 g/mol. The van der Waals surface area contributed by atoms with Crippen molar-refractivity contribution in [3.05, 3.63) is 58.6 Å². The number of hydrogen-bond acceptors (Lipinski definition) is 4. The molecule has 1 unspecified atom stereocenters. The molecule has 1 aromatic carbocycles. The Bertz CT molecular complexity index is 539. The topological polar surface area (TPSA) is 78.0 Å². The van der Waals surface area contributed by atoms with E-state index in [9.17, 15) is 9.90 Å². The van der Waals surface area contributed by atoms with Crippen LogP contribution >= 0.6 is 0 Å². The lowest BCUT2D eigenvalue weighted by atomic mass is 10.1. The number of nitrogens with one attached hydrogen (secondary N) is 2. The van der Waals surface area contributed by atoms with Gasteiger partial charge in [0.1, 0.15) is 0 Å². The molecule has 0 spiro atoms. The van der Waals surface area contributed by atoms with Crippen molar-refractivity contribution in [3.8, 4) is 0 Å². The number of aromatic nitrogens is 2. The summed E-state index contributed by atoms with van der Waals surface area (Å²) in [6, 6.07) is 9.55. The van der Waals surface area contributed by atoms with Crippen molar-refractivity contribution in [3.63, 3.8) is 0 Å². The van der Waals surface area contributed by atoms with Gasteiger partial charge in [-0.3, -0.25) is 4.79 Å². The van der Waals surface area contributed by atoms with Gasteiger partial charge in [-0.05, 0) is 12.0 Å². The summed E-state index contributed by atoms with van der Waals surface area (Å²) in [4.78, 5) is 17.9. The second-order valence-corrected chi connectivity index (χ2v) is 3.98. The molecule has 1 aromatic heterocycles. The summed E-state index contributed by atoms with van der Waals surface area (Å²) in [6.07, 6.45) is 3.60. The largest absolute Gasteiger partial charge is 0.394 e. The van der Waals surface area contributed by atoms with Crippen LogP contribution in [0.3, 0.4) is 0 Å². The van der Waals surface area contributed by atoms with Crippen LogP contribution in [0.25, 0.3) is 0 Å². The first kappa shape index (κ1) is 12.3. The van der Waals surface area contributed by atoms with Crippen molar-refractivity contribution >= 4 is 5.82 Å². The summed E-state index contributed by atoms with van der Waals surface area (Å²) in [7, 11) is 0. The summed E-state index contributed by atoms with van der Waals surface area (Å²) in [5.41, 5.74) is 0.806. The van der Waals surface area contributed by atoms with E-state index < -0.39 is 0 Å². The number of hydrogen-bond donors (Lipinski definition) is 3. The number of rotatable bonds is 5. The van der Waals surface area contributed by atoms with Crippen LogP contribution in [0, 0.1) is 0 Å². The summed E-state index contributed by atoms with van der Waals surface area (Å²) in [5, 5.41) is 12.3. The van der Waals surface area contributed by atoms with Gasteiger partial charge < -0.3 is 15.4 Å². The van der Waals surface area contributed by atoms with Gasteiger partial charge in [0, 0.05) is 12.4 Å². The molecule has 0 aliphatic carbocycles. The van der Waals surface area contributed by atoms with E-state index in [2.05, 4.69) is 15.3 Å². The highest BCUT2D eigenvalue weighted by Gasteiger charge is 2.10. The Morgan fingerprint density at radius 1 is 1.33 bits per heavy atom. The molecule has 1 heterocycles. The number of aliphatic hydroxyl groups excluding tert-OH is 1. The molecule has 0 aliphatic heterocycles. The Morgan fingerprint density at radius 2 is 2.11 bits per heavy atom. The van der Waals surface area contributed by atoms with Gasteiger partial charge in [-0.15, -0.1) is 0 Å². The van der Waals surface area contributed by atoms with Gasteiger partial charge in [0.15, 0.2) is 5.82 Å². The van der Waals surface area contributed by atoms with Gasteiger partial charge in [0.05, 0.1) is 12.6 Å². The SMILES string of the molecule is O=c1[nH]ccnc1NC(CO)Cc1ccccc1. The van der Waals surface area contributed by atoms with Gasteiger partial charge in [-0.25, -0.2) is 4.98 Å². The fourth-order valence-electron chi connectivity index (χ4n) is 1.71. The molecular weight excluding hydrogens is 230 g/mol. The first-order valence-corrected chi connectivity index (χ1v) is 5.74. The molecular formula is C13H15N3O2. The van der Waals surface area contributed by atoms with E-state index >= 15 is 0 Å². The van der Waals surface area contributed by atoms with Crippen LogP contribution in [0.1, 0.15) is 5.56 Å². The van der Waals surface area contributed by atoms with Crippen LogP contribution in [-0.2, 0) is 6.42 Å².